The van der Waals surface area contributed by atoms with Gasteiger partial charge in [-0.05, 0) is 44.4 Å². The highest BCUT2D eigenvalue weighted by Gasteiger charge is 2.05. The number of hydrogen-bond acceptors (Lipinski definition) is 5. The fraction of sp³-hybridized carbons (Fsp3) is 0.562. The number of unbranched alkanes of at least 4 members (excludes halogenated alkanes) is 2. The van der Waals surface area contributed by atoms with Gasteiger partial charge in [0, 0.05) is 18.5 Å². The molecule has 0 atom stereocenters. The highest BCUT2D eigenvalue weighted by Crippen LogP contribution is 2.24. The van der Waals surface area contributed by atoms with Gasteiger partial charge in [-0.25, -0.2) is 0 Å². The molecule has 1 rings (SSSR count). The van der Waals surface area contributed by atoms with Gasteiger partial charge in [-0.2, -0.15) is 0 Å². The van der Waals surface area contributed by atoms with Crippen molar-refractivity contribution in [3.8, 4) is 11.5 Å². The van der Waals surface area contributed by atoms with Crippen LogP contribution in [0.1, 0.15) is 38.2 Å². The third-order valence-corrected chi connectivity index (χ3v) is 3.08. The van der Waals surface area contributed by atoms with E-state index in [1.165, 1.54) is 0 Å². The zero-order chi connectivity index (χ0) is 15.5. The smallest absolute Gasteiger partial charge is 0.305 e. The van der Waals surface area contributed by atoms with E-state index in [0.717, 1.165) is 36.3 Å². The molecule has 0 aromatic heterocycles. The predicted octanol–water partition coefficient (Wildman–Crippen LogP) is 2.66. The minimum Gasteiger partial charge on any atom is -0.497 e. The van der Waals surface area contributed by atoms with Crippen molar-refractivity contribution < 1.29 is 19.0 Å². The van der Waals surface area contributed by atoms with E-state index in [4.69, 9.17) is 19.9 Å². The molecule has 0 heterocycles. The van der Waals surface area contributed by atoms with Crippen molar-refractivity contribution in [2.24, 2.45) is 5.73 Å². The lowest BCUT2D eigenvalue weighted by molar-refractivity contribution is -0.143. The lowest BCUT2D eigenvalue weighted by Crippen LogP contribution is -2.05. The predicted molar refractivity (Wildman–Crippen MR) is 81.5 cm³/mol. The first kappa shape index (κ1) is 17.3. The van der Waals surface area contributed by atoms with Crippen LogP contribution in [-0.4, -0.2) is 26.3 Å². The molecule has 0 aliphatic carbocycles. The second-order valence-corrected chi connectivity index (χ2v) is 4.64. The standard InChI is InChI=1S/C16H25NO4/c1-3-20-16(18)7-5-4-6-10-21-15-9-8-14(19-2)11-13(15)12-17/h8-9,11H,3-7,10,12,17H2,1-2H3. The summed E-state index contributed by atoms with van der Waals surface area (Å²) in [5.74, 6) is 1.44. The van der Waals surface area contributed by atoms with Crippen LogP contribution in [0.3, 0.4) is 0 Å². The normalized spacial score (nSPS) is 10.2. The Morgan fingerprint density at radius 3 is 2.71 bits per heavy atom. The molecular formula is C16H25NO4. The van der Waals surface area contributed by atoms with Crippen molar-refractivity contribution >= 4 is 5.97 Å². The lowest BCUT2D eigenvalue weighted by atomic mass is 10.2. The Kier molecular flexibility index (Phi) is 8.28. The minimum absolute atomic E-state index is 0.126. The SMILES string of the molecule is CCOC(=O)CCCCCOc1ccc(OC)cc1CN. The van der Waals surface area contributed by atoms with Crippen LogP contribution in [0.5, 0.6) is 11.5 Å². The Bertz CT molecular complexity index is 434. The van der Waals surface area contributed by atoms with Crippen LogP contribution in [0, 0.1) is 0 Å². The molecule has 2 N–H and O–H groups in total. The molecule has 0 bridgehead atoms. The highest BCUT2D eigenvalue weighted by molar-refractivity contribution is 5.69. The number of ether oxygens (including phenoxy) is 3. The monoisotopic (exact) mass is 295 g/mol. The third kappa shape index (κ3) is 6.49. The number of rotatable bonds is 10. The van der Waals surface area contributed by atoms with Crippen LogP contribution in [-0.2, 0) is 16.1 Å². The molecule has 1 aromatic rings. The summed E-state index contributed by atoms with van der Waals surface area (Å²) in [6, 6.07) is 5.62. The summed E-state index contributed by atoms with van der Waals surface area (Å²) in [7, 11) is 1.62. The zero-order valence-electron chi connectivity index (χ0n) is 12.9. The van der Waals surface area contributed by atoms with Gasteiger partial charge in [0.05, 0.1) is 20.3 Å². The van der Waals surface area contributed by atoms with Crippen molar-refractivity contribution in [1.29, 1.82) is 0 Å². The van der Waals surface area contributed by atoms with Crippen molar-refractivity contribution in [3.63, 3.8) is 0 Å². The van der Waals surface area contributed by atoms with Crippen molar-refractivity contribution in [2.45, 2.75) is 39.2 Å². The maximum atomic E-state index is 11.2. The summed E-state index contributed by atoms with van der Waals surface area (Å²) in [5, 5.41) is 0. The van der Waals surface area contributed by atoms with Crippen molar-refractivity contribution in [2.75, 3.05) is 20.3 Å². The topological polar surface area (TPSA) is 70.8 Å². The van der Waals surface area contributed by atoms with Crippen LogP contribution in [0.4, 0.5) is 0 Å². The minimum atomic E-state index is -0.126. The number of methoxy groups -OCH3 is 1. The van der Waals surface area contributed by atoms with E-state index in [1.54, 1.807) is 7.11 Å². The van der Waals surface area contributed by atoms with E-state index in [9.17, 15) is 4.79 Å². The first-order valence-corrected chi connectivity index (χ1v) is 7.36. The average Bonchev–Trinajstić information content (AvgIpc) is 2.51. The van der Waals surface area contributed by atoms with Crippen LogP contribution in [0.2, 0.25) is 0 Å². The molecule has 0 fully saturated rings. The number of benzene rings is 1. The maximum Gasteiger partial charge on any atom is 0.305 e. The summed E-state index contributed by atoms with van der Waals surface area (Å²) in [4.78, 5) is 11.2. The second-order valence-electron chi connectivity index (χ2n) is 4.64. The molecule has 118 valence electrons. The fourth-order valence-electron chi connectivity index (χ4n) is 1.95. The molecule has 0 saturated heterocycles. The molecule has 0 saturated carbocycles. The molecule has 1 aromatic carbocycles. The Labute approximate surface area is 126 Å². The summed E-state index contributed by atoms with van der Waals surface area (Å²) in [5.41, 5.74) is 6.63. The summed E-state index contributed by atoms with van der Waals surface area (Å²) >= 11 is 0. The molecule has 0 unspecified atom stereocenters. The Morgan fingerprint density at radius 1 is 1.24 bits per heavy atom. The first-order chi connectivity index (χ1) is 10.2. The van der Waals surface area contributed by atoms with Gasteiger partial charge in [0.25, 0.3) is 0 Å². The number of nitrogens with two attached hydrogens (primary N) is 1. The number of carbonyl (C=O) groups excluding carboxylic acids is 1. The highest BCUT2D eigenvalue weighted by atomic mass is 16.5. The Hall–Kier alpha value is -1.75. The molecule has 5 nitrogen and oxygen atoms in total. The summed E-state index contributed by atoms with van der Waals surface area (Å²) in [6.07, 6.45) is 3.14. The Balaban J connectivity index is 2.25. The van der Waals surface area contributed by atoms with Crippen LogP contribution in [0.25, 0.3) is 0 Å². The van der Waals surface area contributed by atoms with Crippen LogP contribution < -0.4 is 15.2 Å². The summed E-state index contributed by atoms with van der Waals surface area (Å²) in [6.45, 7) is 3.29. The van der Waals surface area contributed by atoms with Gasteiger partial charge in [0.1, 0.15) is 11.5 Å². The van der Waals surface area contributed by atoms with Gasteiger partial charge in [-0.1, -0.05) is 0 Å². The number of carbonyl (C=O) groups is 1. The van der Waals surface area contributed by atoms with Gasteiger partial charge in [-0.15, -0.1) is 0 Å². The maximum absolute atomic E-state index is 11.2. The third-order valence-electron chi connectivity index (χ3n) is 3.08. The molecule has 0 aliphatic heterocycles. The van der Waals surface area contributed by atoms with Crippen LogP contribution >= 0.6 is 0 Å². The molecular weight excluding hydrogens is 270 g/mol. The molecule has 5 heteroatoms. The summed E-state index contributed by atoms with van der Waals surface area (Å²) < 4.78 is 15.8. The van der Waals surface area contributed by atoms with E-state index in [0.29, 0.717) is 26.2 Å². The van der Waals surface area contributed by atoms with Crippen molar-refractivity contribution in [3.05, 3.63) is 23.8 Å². The van der Waals surface area contributed by atoms with E-state index in [2.05, 4.69) is 0 Å². The largest absolute Gasteiger partial charge is 0.497 e. The number of hydrogen-bond donors (Lipinski definition) is 1. The van der Waals surface area contributed by atoms with E-state index in [1.807, 2.05) is 25.1 Å². The molecule has 21 heavy (non-hydrogen) atoms. The van der Waals surface area contributed by atoms with Gasteiger partial charge < -0.3 is 19.9 Å². The average molecular weight is 295 g/mol. The van der Waals surface area contributed by atoms with E-state index >= 15 is 0 Å². The lowest BCUT2D eigenvalue weighted by Gasteiger charge is -2.11. The van der Waals surface area contributed by atoms with Crippen LogP contribution in [0.15, 0.2) is 18.2 Å². The van der Waals surface area contributed by atoms with E-state index in [-0.39, 0.29) is 5.97 Å². The van der Waals surface area contributed by atoms with Gasteiger partial charge >= 0.3 is 5.97 Å². The molecule has 0 aliphatic rings. The first-order valence-electron chi connectivity index (χ1n) is 7.36. The molecule has 0 radical (unpaired) electrons. The Morgan fingerprint density at radius 2 is 2.05 bits per heavy atom. The zero-order valence-corrected chi connectivity index (χ0v) is 12.9. The van der Waals surface area contributed by atoms with Gasteiger partial charge in [0.2, 0.25) is 0 Å². The quantitative estimate of drug-likeness (QED) is 0.531. The second kappa shape index (κ2) is 10.0. The van der Waals surface area contributed by atoms with Gasteiger partial charge in [-0.3, -0.25) is 4.79 Å². The molecule has 0 spiro atoms. The molecule has 0 amide bonds. The van der Waals surface area contributed by atoms with Gasteiger partial charge in [0.15, 0.2) is 0 Å². The van der Waals surface area contributed by atoms with E-state index < -0.39 is 0 Å². The number of esters is 1. The fourth-order valence-corrected chi connectivity index (χ4v) is 1.95. The van der Waals surface area contributed by atoms with Crippen molar-refractivity contribution in [1.82, 2.24) is 0 Å².